The Morgan fingerprint density at radius 1 is 1.19 bits per heavy atom. The van der Waals surface area contributed by atoms with Gasteiger partial charge in [-0.15, -0.1) is 0 Å². The van der Waals surface area contributed by atoms with E-state index in [1.807, 2.05) is 24.3 Å². The first-order chi connectivity index (χ1) is 7.39. The van der Waals surface area contributed by atoms with Gasteiger partial charge in [-0.25, -0.2) is 0 Å². The molecule has 1 nitrogen and oxygen atoms in total. The third-order valence-corrected chi connectivity index (χ3v) is 2.81. The molecule has 86 valence electrons. The lowest BCUT2D eigenvalue weighted by Crippen LogP contribution is -2.09. The monoisotopic (exact) mass is 215 g/mol. The molecule has 1 N–H and O–H groups in total. The van der Waals surface area contributed by atoms with Crippen LogP contribution in [0.15, 0.2) is 42.0 Å². The van der Waals surface area contributed by atoms with Crippen molar-refractivity contribution in [3.8, 4) is 0 Å². The number of nitrogens with one attached hydrogen (secondary N) is 1. The molecule has 0 bridgehead atoms. The summed E-state index contributed by atoms with van der Waals surface area (Å²) in [5, 5.41) is 7.96. The van der Waals surface area contributed by atoms with E-state index in [1.165, 1.54) is 11.1 Å². The zero-order valence-electron chi connectivity index (χ0n) is 10.7. The first-order valence-corrected chi connectivity index (χ1v) is 5.70. The van der Waals surface area contributed by atoms with Crippen molar-refractivity contribution >= 4 is 5.71 Å². The molecule has 0 unspecified atom stereocenters. The number of hydrogen-bond donors (Lipinski definition) is 1. The predicted molar refractivity (Wildman–Crippen MR) is 71.1 cm³/mol. The van der Waals surface area contributed by atoms with Gasteiger partial charge in [-0.05, 0) is 24.0 Å². The van der Waals surface area contributed by atoms with Crippen molar-refractivity contribution in [2.24, 2.45) is 5.41 Å². The lowest BCUT2D eigenvalue weighted by atomic mass is 9.86. The minimum atomic E-state index is 0.156. The molecule has 0 fully saturated rings. The number of allylic oxidation sites excluding steroid dienone is 2. The summed E-state index contributed by atoms with van der Waals surface area (Å²) in [6.07, 6.45) is 2.71. The van der Waals surface area contributed by atoms with E-state index < -0.39 is 0 Å². The molecule has 0 radical (unpaired) electrons. The van der Waals surface area contributed by atoms with E-state index in [0.29, 0.717) is 12.1 Å². The standard InChI is InChI=1S/C15H21N/c1-12(15(2,3)4)10-14(16)11-13-8-6-5-7-9-13/h5-10,16H,11H2,1-4H3/b12-10+,16-14?. The Morgan fingerprint density at radius 3 is 2.25 bits per heavy atom. The minimum Gasteiger partial charge on any atom is -0.305 e. The fourth-order valence-corrected chi connectivity index (χ4v) is 1.34. The molecule has 0 amide bonds. The van der Waals surface area contributed by atoms with Gasteiger partial charge < -0.3 is 5.41 Å². The van der Waals surface area contributed by atoms with Gasteiger partial charge in [-0.2, -0.15) is 0 Å². The first-order valence-electron chi connectivity index (χ1n) is 5.70. The fraction of sp³-hybridized carbons (Fsp3) is 0.400. The molecule has 0 saturated carbocycles. The molecule has 0 saturated heterocycles. The average Bonchev–Trinajstić information content (AvgIpc) is 2.17. The van der Waals surface area contributed by atoms with Crippen LogP contribution in [0.25, 0.3) is 0 Å². The molecule has 1 heteroatoms. The first kappa shape index (κ1) is 12.7. The van der Waals surface area contributed by atoms with Crippen LogP contribution < -0.4 is 0 Å². The van der Waals surface area contributed by atoms with Gasteiger partial charge >= 0.3 is 0 Å². The van der Waals surface area contributed by atoms with E-state index in [-0.39, 0.29) is 5.41 Å². The van der Waals surface area contributed by atoms with Gasteiger partial charge in [0, 0.05) is 12.1 Å². The highest BCUT2D eigenvalue weighted by molar-refractivity contribution is 5.94. The fourth-order valence-electron chi connectivity index (χ4n) is 1.34. The zero-order valence-corrected chi connectivity index (χ0v) is 10.7. The van der Waals surface area contributed by atoms with Gasteiger partial charge in [0.15, 0.2) is 0 Å². The Labute approximate surface area is 98.7 Å². The Balaban J connectivity index is 2.68. The van der Waals surface area contributed by atoms with Crippen molar-refractivity contribution in [2.45, 2.75) is 34.1 Å². The zero-order chi connectivity index (χ0) is 12.2. The van der Waals surface area contributed by atoms with Crippen LogP contribution in [0, 0.1) is 10.8 Å². The molecule has 0 aliphatic rings. The molecule has 0 aromatic heterocycles. The van der Waals surface area contributed by atoms with E-state index in [0.717, 1.165) is 0 Å². The normalized spacial score (nSPS) is 12.6. The van der Waals surface area contributed by atoms with E-state index in [4.69, 9.17) is 5.41 Å². The van der Waals surface area contributed by atoms with Gasteiger partial charge in [-0.1, -0.05) is 56.7 Å². The van der Waals surface area contributed by atoms with Gasteiger partial charge in [-0.3, -0.25) is 0 Å². The largest absolute Gasteiger partial charge is 0.305 e. The molecule has 1 rings (SSSR count). The quantitative estimate of drug-likeness (QED) is 0.729. The van der Waals surface area contributed by atoms with E-state index in [9.17, 15) is 0 Å². The smallest absolute Gasteiger partial charge is 0.0357 e. The Kier molecular flexibility index (Phi) is 4.05. The molecule has 0 heterocycles. The lowest BCUT2D eigenvalue weighted by molar-refractivity contribution is 0.504. The molecule has 0 aliphatic heterocycles. The molecule has 0 atom stereocenters. The lowest BCUT2D eigenvalue weighted by Gasteiger charge is -2.19. The van der Waals surface area contributed by atoms with Crippen molar-refractivity contribution in [3.63, 3.8) is 0 Å². The van der Waals surface area contributed by atoms with Gasteiger partial charge in [0.2, 0.25) is 0 Å². The highest BCUT2D eigenvalue weighted by Crippen LogP contribution is 2.24. The second-order valence-corrected chi connectivity index (χ2v) is 5.26. The van der Waals surface area contributed by atoms with Gasteiger partial charge in [0.05, 0.1) is 0 Å². The Morgan fingerprint density at radius 2 is 1.75 bits per heavy atom. The van der Waals surface area contributed by atoms with Crippen molar-refractivity contribution < 1.29 is 0 Å². The predicted octanol–water partition coefficient (Wildman–Crippen LogP) is 4.24. The summed E-state index contributed by atoms with van der Waals surface area (Å²) in [5.74, 6) is 0. The van der Waals surface area contributed by atoms with Crippen molar-refractivity contribution in [2.75, 3.05) is 0 Å². The summed E-state index contributed by atoms with van der Waals surface area (Å²) < 4.78 is 0. The minimum absolute atomic E-state index is 0.156. The van der Waals surface area contributed by atoms with Crippen molar-refractivity contribution in [3.05, 3.63) is 47.5 Å². The Hall–Kier alpha value is -1.37. The maximum absolute atomic E-state index is 7.96. The third-order valence-electron chi connectivity index (χ3n) is 2.81. The maximum atomic E-state index is 7.96. The molecule has 16 heavy (non-hydrogen) atoms. The topological polar surface area (TPSA) is 23.9 Å². The summed E-state index contributed by atoms with van der Waals surface area (Å²) >= 11 is 0. The van der Waals surface area contributed by atoms with Crippen molar-refractivity contribution in [1.29, 1.82) is 5.41 Å². The van der Waals surface area contributed by atoms with Crippen LogP contribution in [0.5, 0.6) is 0 Å². The van der Waals surface area contributed by atoms with E-state index >= 15 is 0 Å². The third kappa shape index (κ3) is 4.01. The van der Waals surface area contributed by atoms with Crippen LogP contribution in [0.4, 0.5) is 0 Å². The molecular weight excluding hydrogens is 194 g/mol. The summed E-state index contributed by atoms with van der Waals surface area (Å²) in [7, 11) is 0. The second-order valence-electron chi connectivity index (χ2n) is 5.26. The number of rotatable bonds is 3. The Bertz CT molecular complexity index is 380. The van der Waals surface area contributed by atoms with Crippen LogP contribution in [0.2, 0.25) is 0 Å². The van der Waals surface area contributed by atoms with Crippen LogP contribution in [-0.2, 0) is 6.42 Å². The second kappa shape index (κ2) is 5.11. The number of hydrogen-bond acceptors (Lipinski definition) is 1. The molecule has 1 aromatic carbocycles. The average molecular weight is 215 g/mol. The van der Waals surface area contributed by atoms with Crippen LogP contribution in [0.1, 0.15) is 33.3 Å². The maximum Gasteiger partial charge on any atom is 0.0357 e. The van der Waals surface area contributed by atoms with Gasteiger partial charge in [0.1, 0.15) is 0 Å². The number of benzene rings is 1. The SMILES string of the molecule is C/C(=C\C(=N)Cc1ccccc1)C(C)(C)C. The molecule has 0 aliphatic carbocycles. The summed E-state index contributed by atoms with van der Waals surface area (Å²) in [5.41, 5.74) is 3.29. The van der Waals surface area contributed by atoms with E-state index in [2.05, 4.69) is 39.8 Å². The molecular formula is C15H21N. The van der Waals surface area contributed by atoms with Crippen LogP contribution in [0.3, 0.4) is 0 Å². The molecule has 1 aromatic rings. The van der Waals surface area contributed by atoms with Crippen LogP contribution in [-0.4, -0.2) is 5.71 Å². The van der Waals surface area contributed by atoms with Gasteiger partial charge in [0.25, 0.3) is 0 Å². The molecule has 0 spiro atoms. The van der Waals surface area contributed by atoms with E-state index in [1.54, 1.807) is 0 Å². The van der Waals surface area contributed by atoms with Crippen molar-refractivity contribution in [1.82, 2.24) is 0 Å². The summed E-state index contributed by atoms with van der Waals surface area (Å²) in [6.45, 7) is 8.62. The highest BCUT2D eigenvalue weighted by Gasteiger charge is 2.12. The summed E-state index contributed by atoms with van der Waals surface area (Å²) in [6, 6.07) is 10.2. The highest BCUT2D eigenvalue weighted by atomic mass is 14.4. The van der Waals surface area contributed by atoms with Crippen LogP contribution >= 0.6 is 0 Å². The summed E-state index contributed by atoms with van der Waals surface area (Å²) in [4.78, 5) is 0.